The fraction of sp³-hybridized carbons (Fsp3) is 0.562. The van der Waals surface area contributed by atoms with E-state index in [1.54, 1.807) is 0 Å². The van der Waals surface area contributed by atoms with Gasteiger partial charge in [-0.25, -0.2) is 0 Å². The number of esters is 1. The zero-order valence-corrected chi connectivity index (χ0v) is 13.0. The van der Waals surface area contributed by atoms with Gasteiger partial charge in [-0.3, -0.25) is 14.9 Å². The highest BCUT2D eigenvalue weighted by molar-refractivity contribution is 5.69. The topological polar surface area (TPSA) is 78.7 Å². The van der Waals surface area contributed by atoms with Crippen LogP contribution < -0.4 is 4.74 Å². The normalized spacial score (nSPS) is 10.2. The maximum Gasteiger partial charge on any atom is 0.305 e. The molecule has 122 valence electrons. The average Bonchev–Trinajstić information content (AvgIpc) is 2.52. The predicted octanol–water partition coefficient (Wildman–Crippen LogP) is 3.88. The lowest BCUT2D eigenvalue weighted by Crippen LogP contribution is -2.12. The van der Waals surface area contributed by atoms with E-state index in [1.165, 1.54) is 37.1 Å². The highest BCUT2D eigenvalue weighted by atomic mass is 16.6. The van der Waals surface area contributed by atoms with Crippen molar-refractivity contribution in [1.82, 2.24) is 0 Å². The van der Waals surface area contributed by atoms with Crippen LogP contribution in [-0.2, 0) is 9.53 Å². The van der Waals surface area contributed by atoms with Crippen LogP contribution >= 0.6 is 0 Å². The maximum absolute atomic E-state index is 11.5. The summed E-state index contributed by atoms with van der Waals surface area (Å²) in [6, 6.07) is 5.79. The van der Waals surface area contributed by atoms with E-state index in [2.05, 4.69) is 6.92 Å². The van der Waals surface area contributed by atoms with Gasteiger partial charge in [0.1, 0.15) is 19.0 Å². The minimum Gasteiger partial charge on any atom is -0.490 e. The molecule has 0 atom stereocenters. The van der Waals surface area contributed by atoms with E-state index in [9.17, 15) is 14.9 Å². The largest absolute Gasteiger partial charge is 0.490 e. The van der Waals surface area contributed by atoms with E-state index in [0.717, 1.165) is 19.3 Å². The first kappa shape index (κ1) is 17.9. The van der Waals surface area contributed by atoms with Gasteiger partial charge in [0.2, 0.25) is 0 Å². The Bertz CT molecular complexity index is 458. The molecule has 1 aromatic rings. The van der Waals surface area contributed by atoms with Crippen LogP contribution in [0.5, 0.6) is 5.75 Å². The second kappa shape index (κ2) is 10.6. The molecule has 0 heterocycles. The number of carbonyl (C=O) groups is 1. The molecule has 0 unspecified atom stereocenters. The second-order valence-electron chi connectivity index (χ2n) is 4.98. The third-order valence-corrected chi connectivity index (χ3v) is 3.15. The quantitative estimate of drug-likeness (QED) is 0.268. The van der Waals surface area contributed by atoms with E-state index in [1.807, 2.05) is 0 Å². The minimum absolute atomic E-state index is 0.0156. The number of rotatable bonds is 11. The number of hydrogen-bond acceptors (Lipinski definition) is 5. The summed E-state index contributed by atoms with van der Waals surface area (Å²) in [6.45, 7) is 2.57. The molecular weight excluding hydrogens is 286 g/mol. The Kier molecular flexibility index (Phi) is 8.64. The molecule has 6 heteroatoms. The Hall–Kier alpha value is -2.11. The third kappa shape index (κ3) is 7.61. The van der Waals surface area contributed by atoms with E-state index >= 15 is 0 Å². The van der Waals surface area contributed by atoms with Crippen LogP contribution in [0.15, 0.2) is 24.3 Å². The fourth-order valence-electron chi connectivity index (χ4n) is 1.92. The molecule has 0 saturated carbocycles. The maximum atomic E-state index is 11.5. The van der Waals surface area contributed by atoms with Crippen LogP contribution in [-0.4, -0.2) is 24.1 Å². The SMILES string of the molecule is CCCCCCCC(=O)OCCOc1ccc([N+](=O)[O-])cc1. The number of nitro benzene ring substituents is 1. The van der Waals surface area contributed by atoms with E-state index < -0.39 is 4.92 Å². The summed E-state index contributed by atoms with van der Waals surface area (Å²) >= 11 is 0. The Morgan fingerprint density at radius 2 is 1.77 bits per heavy atom. The third-order valence-electron chi connectivity index (χ3n) is 3.15. The van der Waals surface area contributed by atoms with Crippen molar-refractivity contribution in [3.8, 4) is 5.75 Å². The second-order valence-corrected chi connectivity index (χ2v) is 4.98. The minimum atomic E-state index is -0.466. The van der Waals surface area contributed by atoms with Crippen LogP contribution in [0.4, 0.5) is 5.69 Å². The number of carbonyl (C=O) groups excluding carboxylic acids is 1. The summed E-state index contributed by atoms with van der Waals surface area (Å²) in [5, 5.41) is 10.5. The highest BCUT2D eigenvalue weighted by Gasteiger charge is 2.05. The van der Waals surface area contributed by atoms with Gasteiger partial charge in [0.05, 0.1) is 4.92 Å². The number of benzene rings is 1. The van der Waals surface area contributed by atoms with Crippen molar-refractivity contribution in [3.63, 3.8) is 0 Å². The van der Waals surface area contributed by atoms with E-state index in [-0.39, 0.29) is 24.9 Å². The average molecular weight is 309 g/mol. The molecular formula is C16H23NO5. The van der Waals surface area contributed by atoms with Gasteiger partial charge < -0.3 is 9.47 Å². The molecule has 0 aliphatic carbocycles. The Labute approximate surface area is 130 Å². The van der Waals surface area contributed by atoms with E-state index in [0.29, 0.717) is 12.2 Å². The van der Waals surface area contributed by atoms with Crippen LogP contribution in [0.1, 0.15) is 45.4 Å². The highest BCUT2D eigenvalue weighted by Crippen LogP contribution is 2.17. The predicted molar refractivity (Wildman–Crippen MR) is 82.9 cm³/mol. The Morgan fingerprint density at radius 1 is 1.09 bits per heavy atom. The molecule has 0 aliphatic rings. The van der Waals surface area contributed by atoms with Crippen molar-refractivity contribution in [1.29, 1.82) is 0 Å². The van der Waals surface area contributed by atoms with Crippen LogP contribution in [0.25, 0.3) is 0 Å². The summed E-state index contributed by atoms with van der Waals surface area (Å²) in [7, 11) is 0. The number of nitrogens with zero attached hydrogens (tertiary/aromatic N) is 1. The molecule has 0 radical (unpaired) electrons. The van der Waals surface area contributed by atoms with E-state index in [4.69, 9.17) is 9.47 Å². The lowest BCUT2D eigenvalue weighted by Gasteiger charge is -2.07. The van der Waals surface area contributed by atoms with Crippen molar-refractivity contribution in [2.75, 3.05) is 13.2 Å². The molecule has 0 spiro atoms. The van der Waals surface area contributed by atoms with Crippen molar-refractivity contribution in [2.45, 2.75) is 45.4 Å². The van der Waals surface area contributed by atoms with Crippen LogP contribution in [0.2, 0.25) is 0 Å². The molecule has 1 aromatic carbocycles. The number of ether oxygens (including phenoxy) is 2. The summed E-state index contributed by atoms with van der Waals surface area (Å²) in [5.41, 5.74) is 0.0156. The molecule has 0 fully saturated rings. The Balaban J connectivity index is 2.09. The molecule has 0 bridgehead atoms. The fourth-order valence-corrected chi connectivity index (χ4v) is 1.92. The first-order valence-corrected chi connectivity index (χ1v) is 7.66. The van der Waals surface area contributed by atoms with Gasteiger partial charge in [-0.15, -0.1) is 0 Å². The number of hydrogen-bond donors (Lipinski definition) is 0. The van der Waals surface area contributed by atoms with Crippen molar-refractivity contribution < 1.29 is 19.2 Å². The van der Waals surface area contributed by atoms with Crippen LogP contribution in [0, 0.1) is 10.1 Å². The molecule has 0 aliphatic heterocycles. The number of non-ortho nitro benzene ring substituents is 1. The van der Waals surface area contributed by atoms with Gasteiger partial charge >= 0.3 is 5.97 Å². The summed E-state index contributed by atoms with van der Waals surface area (Å²) in [6.07, 6.45) is 5.92. The van der Waals surface area contributed by atoms with Gasteiger partial charge in [-0.05, 0) is 18.6 Å². The van der Waals surface area contributed by atoms with Crippen molar-refractivity contribution >= 4 is 11.7 Å². The number of unbranched alkanes of at least 4 members (excludes halogenated alkanes) is 4. The molecule has 0 amide bonds. The van der Waals surface area contributed by atoms with Crippen molar-refractivity contribution in [3.05, 3.63) is 34.4 Å². The summed E-state index contributed by atoms with van der Waals surface area (Å²) in [5.74, 6) is 0.310. The van der Waals surface area contributed by atoms with Gasteiger partial charge in [0.25, 0.3) is 5.69 Å². The van der Waals surface area contributed by atoms with Crippen LogP contribution in [0.3, 0.4) is 0 Å². The number of nitro groups is 1. The molecule has 0 N–H and O–H groups in total. The Morgan fingerprint density at radius 3 is 2.41 bits per heavy atom. The molecule has 0 saturated heterocycles. The molecule has 6 nitrogen and oxygen atoms in total. The van der Waals surface area contributed by atoms with Gasteiger partial charge in [0, 0.05) is 18.6 Å². The molecule has 22 heavy (non-hydrogen) atoms. The monoisotopic (exact) mass is 309 g/mol. The first-order chi connectivity index (χ1) is 10.6. The first-order valence-electron chi connectivity index (χ1n) is 7.66. The van der Waals surface area contributed by atoms with Gasteiger partial charge in [-0.2, -0.15) is 0 Å². The smallest absolute Gasteiger partial charge is 0.305 e. The zero-order chi connectivity index (χ0) is 16.2. The molecule has 0 aromatic heterocycles. The lowest BCUT2D eigenvalue weighted by molar-refractivity contribution is -0.384. The zero-order valence-electron chi connectivity index (χ0n) is 13.0. The van der Waals surface area contributed by atoms with Gasteiger partial charge in [-0.1, -0.05) is 32.6 Å². The summed E-state index contributed by atoms with van der Waals surface area (Å²) < 4.78 is 10.4. The summed E-state index contributed by atoms with van der Waals surface area (Å²) in [4.78, 5) is 21.5. The van der Waals surface area contributed by atoms with Crippen molar-refractivity contribution in [2.24, 2.45) is 0 Å². The van der Waals surface area contributed by atoms with Gasteiger partial charge in [0.15, 0.2) is 0 Å². The lowest BCUT2D eigenvalue weighted by atomic mass is 10.1. The standard InChI is InChI=1S/C16H23NO5/c1-2-3-4-5-6-7-16(18)22-13-12-21-15-10-8-14(9-11-15)17(19)20/h8-11H,2-7,12-13H2,1H3. The molecule has 1 rings (SSSR count).